The Labute approximate surface area is 143 Å². The molecule has 14 nitrogen and oxygen atoms in total. The third-order valence-corrected chi connectivity index (χ3v) is 4.44. The average Bonchev–Trinajstić information content (AvgIpc) is 2.69. The summed E-state index contributed by atoms with van der Waals surface area (Å²) < 4.78 is 57.7. The fourth-order valence-corrected chi connectivity index (χ4v) is 3.29. The van der Waals surface area contributed by atoms with Crippen LogP contribution in [0, 0.1) is 0 Å². The van der Waals surface area contributed by atoms with Crippen LogP contribution in [0.5, 0.6) is 0 Å². The Kier molecular flexibility index (Phi) is 5.82. The smallest absolute Gasteiger partial charge is 0.309 e. The molecule has 2 heterocycles. The lowest BCUT2D eigenvalue weighted by molar-refractivity contribution is -0.138. The normalized spacial score (nSPS) is 23.8. The summed E-state index contributed by atoms with van der Waals surface area (Å²) in [6.45, 7) is -0.340. The minimum atomic E-state index is -4.86. The number of piperidine rings is 1. The molecule has 144 valence electrons. The minimum Gasteiger partial charge on any atom is -0.309 e. The van der Waals surface area contributed by atoms with E-state index in [2.05, 4.69) is 9.76 Å². The monoisotopic (exact) mass is 403 g/mol. The summed E-state index contributed by atoms with van der Waals surface area (Å²) >= 11 is 0. The van der Waals surface area contributed by atoms with Gasteiger partial charge in [-0.15, -0.1) is 4.28 Å². The largest absolute Gasteiger partial charge is 0.418 e. The molecule has 16 heteroatoms. The van der Waals surface area contributed by atoms with Crippen LogP contribution >= 0.6 is 0 Å². The average molecular weight is 403 g/mol. The van der Waals surface area contributed by atoms with E-state index in [9.17, 15) is 26.4 Å². The molecule has 0 aromatic rings. The van der Waals surface area contributed by atoms with Crippen LogP contribution in [0.1, 0.15) is 12.8 Å². The number of carbonyl (C=O) groups is 2. The number of nitrogens with zero attached hydrogens (tertiary/aromatic N) is 2. The third-order valence-electron chi connectivity index (χ3n) is 3.48. The molecule has 0 spiro atoms. The quantitative estimate of drug-likeness (QED) is 0.183. The SMILES string of the molecule is NS(=O)(=O)NCCONC(=O)[C@@H]1CC[C@@H]2CN1C(=O)N2OS(=O)(=O)O. The minimum absolute atomic E-state index is 0.0411. The summed E-state index contributed by atoms with van der Waals surface area (Å²) in [6.07, 6.45) is 0.481. The van der Waals surface area contributed by atoms with Gasteiger partial charge in [-0.05, 0) is 12.8 Å². The highest BCUT2D eigenvalue weighted by Crippen LogP contribution is 2.30. The van der Waals surface area contributed by atoms with E-state index in [4.69, 9.17) is 14.5 Å². The van der Waals surface area contributed by atoms with Gasteiger partial charge in [0.2, 0.25) is 0 Å². The molecule has 0 radical (unpaired) electrons. The predicted molar refractivity (Wildman–Crippen MR) is 78.6 cm³/mol. The van der Waals surface area contributed by atoms with Crippen molar-refractivity contribution in [3.8, 4) is 0 Å². The fraction of sp³-hybridized carbons (Fsp3) is 0.778. The van der Waals surface area contributed by atoms with Crippen LogP contribution in [-0.4, -0.2) is 75.1 Å². The zero-order valence-electron chi connectivity index (χ0n) is 12.7. The maximum atomic E-state index is 12.1. The standard InChI is InChI=1S/C9H17N5O9S2/c10-24(17,18)11-3-4-22-12-8(15)7-2-1-6-5-13(7)9(16)14(6)23-25(19,20)21/h6-7,11H,1-5H2,(H,12,15)(H2,10,17,18)(H,19,20,21)/t6-,7+/m1/s1. The number of hydroxylamine groups is 3. The molecule has 0 aliphatic carbocycles. The van der Waals surface area contributed by atoms with Crippen molar-refractivity contribution in [3.05, 3.63) is 0 Å². The summed E-state index contributed by atoms with van der Waals surface area (Å²) in [5, 5.41) is 5.22. The maximum Gasteiger partial charge on any atom is 0.418 e. The van der Waals surface area contributed by atoms with E-state index >= 15 is 0 Å². The Morgan fingerprint density at radius 1 is 1.32 bits per heavy atom. The third kappa shape index (κ3) is 5.46. The van der Waals surface area contributed by atoms with E-state index in [0.717, 1.165) is 4.90 Å². The van der Waals surface area contributed by atoms with Gasteiger partial charge >= 0.3 is 16.4 Å². The topological polar surface area (TPSA) is 198 Å². The number of nitrogens with two attached hydrogens (primary N) is 1. The molecule has 0 aromatic heterocycles. The summed E-state index contributed by atoms with van der Waals surface area (Å²) in [5.41, 5.74) is 2.07. The highest BCUT2D eigenvalue weighted by Gasteiger charge is 2.49. The van der Waals surface area contributed by atoms with Crippen molar-refractivity contribution in [2.75, 3.05) is 19.7 Å². The van der Waals surface area contributed by atoms with Crippen LogP contribution < -0.4 is 15.3 Å². The number of hydrogen-bond donors (Lipinski definition) is 4. The molecule has 2 atom stereocenters. The van der Waals surface area contributed by atoms with Gasteiger partial charge in [-0.2, -0.15) is 21.9 Å². The van der Waals surface area contributed by atoms with Crippen molar-refractivity contribution >= 4 is 32.5 Å². The second kappa shape index (κ2) is 7.36. The van der Waals surface area contributed by atoms with E-state index < -0.39 is 44.6 Å². The first-order chi connectivity index (χ1) is 11.5. The highest BCUT2D eigenvalue weighted by molar-refractivity contribution is 7.87. The van der Waals surface area contributed by atoms with Crippen LogP contribution in [-0.2, 0) is 34.5 Å². The van der Waals surface area contributed by atoms with Gasteiger partial charge < -0.3 is 4.90 Å². The van der Waals surface area contributed by atoms with Gasteiger partial charge in [0.05, 0.1) is 12.6 Å². The second-order valence-corrected chi connectivity index (χ2v) is 7.65. The summed E-state index contributed by atoms with van der Waals surface area (Å²) in [7, 11) is -8.73. The van der Waals surface area contributed by atoms with Gasteiger partial charge in [0, 0.05) is 13.1 Å². The van der Waals surface area contributed by atoms with Gasteiger partial charge in [0.25, 0.3) is 16.1 Å². The molecule has 2 fully saturated rings. The molecule has 5 N–H and O–H groups in total. The molecule has 0 saturated carbocycles. The Hall–Kier alpha value is -1.56. The number of rotatable bonds is 8. The van der Waals surface area contributed by atoms with Gasteiger partial charge in [-0.1, -0.05) is 0 Å². The lowest BCUT2D eigenvalue weighted by Crippen LogP contribution is -2.50. The van der Waals surface area contributed by atoms with E-state index in [-0.39, 0.29) is 32.5 Å². The first kappa shape index (κ1) is 19.8. The van der Waals surface area contributed by atoms with Crippen molar-refractivity contribution in [1.29, 1.82) is 0 Å². The number of amides is 3. The van der Waals surface area contributed by atoms with E-state index in [0.29, 0.717) is 5.06 Å². The number of urea groups is 1. The first-order valence-electron chi connectivity index (χ1n) is 6.94. The zero-order chi connectivity index (χ0) is 18.8. The van der Waals surface area contributed by atoms with Crippen molar-refractivity contribution in [3.63, 3.8) is 0 Å². The molecular weight excluding hydrogens is 386 g/mol. The molecule has 0 unspecified atom stereocenters. The zero-order valence-corrected chi connectivity index (χ0v) is 14.3. The van der Waals surface area contributed by atoms with Gasteiger partial charge in [-0.3, -0.25) is 14.2 Å². The second-order valence-electron chi connectivity index (χ2n) is 5.26. The number of carbonyl (C=O) groups excluding carboxylic acids is 2. The molecule has 2 rings (SSSR count). The van der Waals surface area contributed by atoms with Crippen LogP contribution in [0.3, 0.4) is 0 Å². The van der Waals surface area contributed by atoms with E-state index in [1.54, 1.807) is 0 Å². The number of hydrogen-bond acceptors (Lipinski definition) is 8. The summed E-state index contributed by atoms with van der Waals surface area (Å²) in [6, 6.07) is -2.42. The number of nitrogens with one attached hydrogen (secondary N) is 2. The lowest BCUT2D eigenvalue weighted by Gasteiger charge is -2.28. The fourth-order valence-electron chi connectivity index (χ4n) is 2.53. The summed E-state index contributed by atoms with van der Waals surface area (Å²) in [4.78, 5) is 30.0. The molecule has 2 aliphatic heterocycles. The first-order valence-corrected chi connectivity index (χ1v) is 9.85. The van der Waals surface area contributed by atoms with E-state index in [1.807, 2.05) is 4.72 Å². The Balaban J connectivity index is 1.85. The Morgan fingerprint density at radius 3 is 2.60 bits per heavy atom. The highest BCUT2D eigenvalue weighted by atomic mass is 32.3. The molecule has 2 aliphatic rings. The molecular formula is C9H17N5O9S2. The number of fused-ring (bicyclic) bond motifs is 2. The van der Waals surface area contributed by atoms with Crippen LogP contribution in [0.2, 0.25) is 0 Å². The van der Waals surface area contributed by atoms with Crippen molar-refractivity contribution in [1.82, 2.24) is 20.2 Å². The van der Waals surface area contributed by atoms with Gasteiger partial charge in [0.15, 0.2) is 0 Å². The molecule has 2 saturated heterocycles. The Morgan fingerprint density at radius 2 is 2.00 bits per heavy atom. The van der Waals surface area contributed by atoms with Gasteiger partial charge in [0.1, 0.15) is 6.04 Å². The molecule has 2 bridgehead atoms. The van der Waals surface area contributed by atoms with Crippen molar-refractivity contribution in [2.45, 2.75) is 24.9 Å². The lowest BCUT2D eigenvalue weighted by atomic mass is 10.0. The predicted octanol–water partition coefficient (Wildman–Crippen LogP) is -3.17. The maximum absolute atomic E-state index is 12.1. The molecule has 0 aromatic carbocycles. The molecule has 25 heavy (non-hydrogen) atoms. The van der Waals surface area contributed by atoms with Crippen LogP contribution in [0.15, 0.2) is 0 Å². The molecule has 3 amide bonds. The van der Waals surface area contributed by atoms with Crippen molar-refractivity contribution in [2.24, 2.45) is 5.14 Å². The Bertz CT molecular complexity index is 739. The van der Waals surface area contributed by atoms with Gasteiger partial charge in [-0.25, -0.2) is 20.1 Å². The summed E-state index contributed by atoms with van der Waals surface area (Å²) in [5.74, 6) is -0.670. The van der Waals surface area contributed by atoms with Crippen molar-refractivity contribution < 1.29 is 40.1 Å². The van der Waals surface area contributed by atoms with E-state index in [1.165, 1.54) is 0 Å². The van der Waals surface area contributed by atoms with Crippen LogP contribution in [0.25, 0.3) is 0 Å². The van der Waals surface area contributed by atoms with Crippen LogP contribution in [0.4, 0.5) is 4.79 Å².